The van der Waals surface area contributed by atoms with Gasteiger partial charge in [-0.1, -0.05) is 6.92 Å². The van der Waals surface area contributed by atoms with Crippen molar-refractivity contribution in [1.82, 2.24) is 5.32 Å². The molecular weight excluding hydrogens is 220 g/mol. The number of nitrogens with one attached hydrogen (secondary N) is 1. The van der Waals surface area contributed by atoms with Gasteiger partial charge >= 0.3 is 0 Å². The standard InChI is InChI=1S/C12H20N2OS/c1-5-7(2)14-11(12(13)15)10-6-8(3)16-9(10)4/h6-7,11,14H,5H2,1-4H3,(H2,13,15). The minimum atomic E-state index is -0.361. The van der Waals surface area contributed by atoms with Crippen molar-refractivity contribution in [3.63, 3.8) is 0 Å². The van der Waals surface area contributed by atoms with E-state index in [-0.39, 0.29) is 18.0 Å². The molecule has 1 aromatic rings. The summed E-state index contributed by atoms with van der Waals surface area (Å²) in [6, 6.07) is 1.97. The minimum absolute atomic E-state index is 0.289. The summed E-state index contributed by atoms with van der Waals surface area (Å²) in [6.45, 7) is 8.22. The van der Waals surface area contributed by atoms with Crippen molar-refractivity contribution in [1.29, 1.82) is 0 Å². The largest absolute Gasteiger partial charge is 0.368 e. The van der Waals surface area contributed by atoms with Crippen LogP contribution in [0.1, 0.15) is 41.6 Å². The Balaban J connectivity index is 2.94. The monoisotopic (exact) mass is 240 g/mol. The predicted molar refractivity (Wildman–Crippen MR) is 68.6 cm³/mol. The molecule has 1 heterocycles. The van der Waals surface area contributed by atoms with Crippen LogP contribution in [0, 0.1) is 13.8 Å². The number of aryl methyl sites for hydroxylation is 2. The lowest BCUT2D eigenvalue weighted by atomic mass is 10.1. The Hall–Kier alpha value is -0.870. The molecular formula is C12H20N2OS. The molecule has 0 spiro atoms. The molecule has 4 heteroatoms. The highest BCUT2D eigenvalue weighted by atomic mass is 32.1. The van der Waals surface area contributed by atoms with E-state index in [0.29, 0.717) is 0 Å². The van der Waals surface area contributed by atoms with Crippen molar-refractivity contribution in [3.8, 4) is 0 Å². The van der Waals surface area contributed by atoms with Crippen LogP contribution < -0.4 is 11.1 Å². The van der Waals surface area contributed by atoms with Crippen LogP contribution in [0.25, 0.3) is 0 Å². The van der Waals surface area contributed by atoms with E-state index in [1.54, 1.807) is 11.3 Å². The third-order valence-corrected chi connectivity index (χ3v) is 3.72. The van der Waals surface area contributed by atoms with Gasteiger partial charge in [-0.05, 0) is 38.8 Å². The van der Waals surface area contributed by atoms with Crippen molar-refractivity contribution < 1.29 is 4.79 Å². The molecule has 90 valence electrons. The Bertz CT molecular complexity index is 373. The number of rotatable bonds is 5. The quantitative estimate of drug-likeness (QED) is 0.829. The first-order chi connectivity index (χ1) is 7.45. The SMILES string of the molecule is CCC(C)NC(C(N)=O)c1cc(C)sc1C. The molecule has 0 radical (unpaired) electrons. The summed E-state index contributed by atoms with van der Waals surface area (Å²) in [4.78, 5) is 13.9. The van der Waals surface area contributed by atoms with Crippen LogP contribution in [0.3, 0.4) is 0 Å². The van der Waals surface area contributed by atoms with Gasteiger partial charge in [0.05, 0.1) is 0 Å². The Kier molecular flexibility index (Phi) is 4.50. The van der Waals surface area contributed by atoms with E-state index >= 15 is 0 Å². The van der Waals surface area contributed by atoms with Crippen LogP contribution in [0.2, 0.25) is 0 Å². The molecule has 0 fully saturated rings. The topological polar surface area (TPSA) is 55.1 Å². The van der Waals surface area contributed by atoms with Crippen LogP contribution in [-0.4, -0.2) is 11.9 Å². The summed E-state index contributed by atoms with van der Waals surface area (Å²) < 4.78 is 0. The summed E-state index contributed by atoms with van der Waals surface area (Å²) in [5, 5.41) is 3.27. The highest BCUT2D eigenvalue weighted by Crippen LogP contribution is 2.26. The van der Waals surface area contributed by atoms with Crippen molar-refractivity contribution >= 4 is 17.2 Å². The molecule has 0 aromatic carbocycles. The number of primary amides is 1. The number of thiophene rings is 1. The van der Waals surface area contributed by atoms with Gasteiger partial charge in [-0.2, -0.15) is 0 Å². The van der Waals surface area contributed by atoms with Crippen molar-refractivity contribution in [2.24, 2.45) is 5.73 Å². The number of amides is 1. The Morgan fingerprint density at radius 3 is 2.56 bits per heavy atom. The predicted octanol–water partition coefficient (Wildman–Crippen LogP) is 2.28. The number of hydrogen-bond acceptors (Lipinski definition) is 3. The highest BCUT2D eigenvalue weighted by molar-refractivity contribution is 7.12. The first-order valence-corrected chi connectivity index (χ1v) is 6.39. The van der Waals surface area contributed by atoms with Crippen molar-refractivity contribution in [2.75, 3.05) is 0 Å². The normalized spacial score (nSPS) is 14.8. The van der Waals surface area contributed by atoms with Gasteiger partial charge in [0.1, 0.15) is 6.04 Å². The van der Waals surface area contributed by atoms with E-state index in [2.05, 4.69) is 19.2 Å². The molecule has 0 bridgehead atoms. The van der Waals surface area contributed by atoms with Gasteiger partial charge in [-0.3, -0.25) is 10.1 Å². The molecule has 0 aliphatic rings. The minimum Gasteiger partial charge on any atom is -0.368 e. The summed E-state index contributed by atoms with van der Waals surface area (Å²) in [5.74, 6) is -0.304. The van der Waals surface area contributed by atoms with Crippen molar-refractivity contribution in [2.45, 2.75) is 46.2 Å². The maximum atomic E-state index is 11.5. The number of hydrogen-bond donors (Lipinski definition) is 2. The van der Waals surface area contributed by atoms with E-state index in [1.807, 2.05) is 19.9 Å². The van der Waals surface area contributed by atoms with Gasteiger partial charge < -0.3 is 5.73 Å². The van der Waals surface area contributed by atoms with Crippen LogP contribution in [0.15, 0.2) is 6.07 Å². The second-order valence-corrected chi connectivity index (χ2v) is 5.64. The maximum absolute atomic E-state index is 11.5. The van der Waals surface area contributed by atoms with Gasteiger partial charge in [0, 0.05) is 15.8 Å². The van der Waals surface area contributed by atoms with Gasteiger partial charge in [-0.15, -0.1) is 11.3 Å². The second-order valence-electron chi connectivity index (χ2n) is 4.18. The Labute approximate surface area is 101 Å². The molecule has 1 amide bonds. The maximum Gasteiger partial charge on any atom is 0.239 e. The zero-order valence-electron chi connectivity index (χ0n) is 10.3. The van der Waals surface area contributed by atoms with Crippen LogP contribution >= 0.6 is 11.3 Å². The first-order valence-electron chi connectivity index (χ1n) is 5.58. The van der Waals surface area contributed by atoms with E-state index in [9.17, 15) is 4.79 Å². The lowest BCUT2D eigenvalue weighted by Crippen LogP contribution is -2.38. The summed E-state index contributed by atoms with van der Waals surface area (Å²) in [7, 11) is 0. The molecule has 0 saturated carbocycles. The molecule has 2 unspecified atom stereocenters. The summed E-state index contributed by atoms with van der Waals surface area (Å²) in [6.07, 6.45) is 0.978. The van der Waals surface area contributed by atoms with E-state index in [0.717, 1.165) is 16.9 Å². The van der Waals surface area contributed by atoms with E-state index in [1.165, 1.54) is 4.88 Å². The van der Waals surface area contributed by atoms with Gasteiger partial charge in [0.15, 0.2) is 0 Å². The second kappa shape index (κ2) is 5.46. The van der Waals surface area contributed by atoms with Crippen molar-refractivity contribution in [3.05, 3.63) is 21.4 Å². The van der Waals surface area contributed by atoms with Crippen LogP contribution in [0.5, 0.6) is 0 Å². The lowest BCUT2D eigenvalue weighted by molar-refractivity contribution is -0.120. The first kappa shape index (κ1) is 13.2. The molecule has 3 nitrogen and oxygen atoms in total. The fourth-order valence-electron chi connectivity index (χ4n) is 1.66. The molecule has 1 rings (SSSR count). The smallest absolute Gasteiger partial charge is 0.239 e. The average molecular weight is 240 g/mol. The number of nitrogens with two attached hydrogens (primary N) is 1. The molecule has 0 aliphatic heterocycles. The lowest BCUT2D eigenvalue weighted by Gasteiger charge is -2.20. The zero-order chi connectivity index (χ0) is 12.3. The molecule has 16 heavy (non-hydrogen) atoms. The summed E-state index contributed by atoms with van der Waals surface area (Å²) in [5.41, 5.74) is 6.48. The van der Waals surface area contributed by atoms with Crippen LogP contribution in [-0.2, 0) is 4.79 Å². The summed E-state index contributed by atoms with van der Waals surface area (Å²) >= 11 is 1.70. The van der Waals surface area contributed by atoms with Gasteiger partial charge in [-0.25, -0.2) is 0 Å². The Morgan fingerprint density at radius 1 is 1.56 bits per heavy atom. The number of carbonyl (C=O) groups is 1. The van der Waals surface area contributed by atoms with Gasteiger partial charge in [0.2, 0.25) is 5.91 Å². The van der Waals surface area contributed by atoms with E-state index < -0.39 is 0 Å². The average Bonchev–Trinajstić information content (AvgIpc) is 2.53. The Morgan fingerprint density at radius 2 is 2.19 bits per heavy atom. The number of carbonyl (C=O) groups excluding carboxylic acids is 1. The fraction of sp³-hybridized carbons (Fsp3) is 0.583. The van der Waals surface area contributed by atoms with Crippen LogP contribution in [0.4, 0.5) is 0 Å². The molecule has 3 N–H and O–H groups in total. The highest BCUT2D eigenvalue weighted by Gasteiger charge is 2.22. The fourth-order valence-corrected chi connectivity index (χ4v) is 2.63. The third kappa shape index (κ3) is 3.06. The molecule has 2 atom stereocenters. The molecule has 0 saturated heterocycles. The van der Waals surface area contributed by atoms with Gasteiger partial charge in [0.25, 0.3) is 0 Å². The zero-order valence-corrected chi connectivity index (χ0v) is 11.1. The third-order valence-electron chi connectivity index (χ3n) is 2.74. The van der Waals surface area contributed by atoms with E-state index in [4.69, 9.17) is 5.73 Å². The molecule has 0 aliphatic carbocycles. The molecule has 1 aromatic heterocycles.